The van der Waals surface area contributed by atoms with E-state index in [-0.39, 0.29) is 18.8 Å². The van der Waals surface area contributed by atoms with Crippen LogP contribution in [0.2, 0.25) is 0 Å². The van der Waals surface area contributed by atoms with Crippen molar-refractivity contribution in [3.05, 3.63) is 113 Å². The van der Waals surface area contributed by atoms with E-state index in [4.69, 9.17) is 0 Å². The molecule has 0 aliphatic carbocycles. The molecule has 0 unspecified atom stereocenters. The van der Waals surface area contributed by atoms with Gasteiger partial charge >= 0.3 is 6.18 Å². The van der Waals surface area contributed by atoms with Crippen molar-refractivity contribution >= 4 is 22.4 Å². The molecule has 1 amide bonds. The van der Waals surface area contributed by atoms with Crippen LogP contribution >= 0.6 is 10.8 Å². The van der Waals surface area contributed by atoms with Crippen molar-refractivity contribution in [3.63, 3.8) is 0 Å². The van der Waals surface area contributed by atoms with Crippen molar-refractivity contribution in [2.45, 2.75) is 57.5 Å². The molecular formula is C33H40F3N3O4S. The summed E-state index contributed by atoms with van der Waals surface area (Å²) in [5.74, 6) is -0.231. The molecule has 11 heteroatoms. The Hall–Kier alpha value is -3.35. The molecule has 44 heavy (non-hydrogen) atoms. The Morgan fingerprint density at radius 2 is 1.73 bits per heavy atom. The van der Waals surface area contributed by atoms with Gasteiger partial charge in [0.05, 0.1) is 35.7 Å². The monoisotopic (exact) mass is 631 g/mol. The molecule has 7 nitrogen and oxygen atoms in total. The smallest absolute Gasteiger partial charge is 0.390 e. The number of amides is 1. The number of nitrogens with one attached hydrogen (secondary N) is 2. The molecule has 4 rings (SSSR count). The van der Waals surface area contributed by atoms with Gasteiger partial charge in [0.15, 0.2) is 0 Å². The molecule has 0 bridgehead atoms. The second kappa shape index (κ2) is 15.1. The predicted octanol–water partition coefficient (Wildman–Crippen LogP) is 6.58. The van der Waals surface area contributed by atoms with Gasteiger partial charge in [-0.2, -0.15) is 13.2 Å². The van der Waals surface area contributed by atoms with Crippen LogP contribution in [0.5, 0.6) is 0 Å². The Kier molecular flexibility index (Phi) is 11.5. The Bertz CT molecular complexity index is 1420. The maximum Gasteiger partial charge on any atom is 0.416 e. The molecule has 0 spiro atoms. The summed E-state index contributed by atoms with van der Waals surface area (Å²) in [7, 11) is -3.08. The highest BCUT2D eigenvalue weighted by atomic mass is 32.3. The molecule has 3 aromatic carbocycles. The molecule has 1 heterocycles. The average Bonchev–Trinajstić information content (AvgIpc) is 3.17. The fourth-order valence-corrected chi connectivity index (χ4v) is 6.61. The molecule has 0 fully saturated rings. The quantitative estimate of drug-likeness (QED) is 0.145. The number of rotatable bonds is 12. The summed E-state index contributed by atoms with van der Waals surface area (Å²) >= 11 is 0. The number of hydrogen-bond acceptors (Lipinski definition) is 6. The van der Waals surface area contributed by atoms with Gasteiger partial charge in [-0.15, -0.1) is 10.8 Å². The van der Waals surface area contributed by atoms with Crippen LogP contribution in [0.3, 0.4) is 0 Å². The molecule has 1 aliphatic heterocycles. The molecule has 3 aromatic rings. The number of alkyl halides is 3. The van der Waals surface area contributed by atoms with Gasteiger partial charge in [0.25, 0.3) is 5.91 Å². The second-order valence-electron chi connectivity index (χ2n) is 11.0. The Balaban J connectivity index is 1.53. The Labute approximate surface area is 258 Å². The zero-order chi connectivity index (χ0) is 31.7. The topological polar surface area (TPSA) is 105 Å². The second-order valence-corrected chi connectivity index (χ2v) is 13.1. The zero-order valence-electron chi connectivity index (χ0n) is 24.6. The van der Waals surface area contributed by atoms with E-state index in [9.17, 15) is 32.2 Å². The Morgan fingerprint density at radius 1 is 0.977 bits per heavy atom. The number of hydrogen-bond donors (Lipinski definition) is 5. The van der Waals surface area contributed by atoms with Crippen LogP contribution in [0.1, 0.15) is 52.4 Å². The van der Waals surface area contributed by atoms with Crippen LogP contribution in [0.4, 0.5) is 18.9 Å². The highest BCUT2D eigenvalue weighted by molar-refractivity contribution is 8.25. The normalized spacial score (nSPS) is 17.0. The molecule has 0 radical (unpaired) electrons. The van der Waals surface area contributed by atoms with E-state index < -0.39 is 40.6 Å². The molecule has 5 N–H and O–H groups in total. The summed E-state index contributed by atoms with van der Waals surface area (Å²) in [6.07, 6.45) is 0.654. The van der Waals surface area contributed by atoms with Gasteiger partial charge in [0.1, 0.15) is 0 Å². The lowest BCUT2D eigenvalue weighted by molar-refractivity contribution is -0.137. The summed E-state index contributed by atoms with van der Waals surface area (Å²) in [6.45, 7) is 2.45. The maximum absolute atomic E-state index is 13.7. The minimum absolute atomic E-state index is 0.0240. The van der Waals surface area contributed by atoms with E-state index in [0.717, 1.165) is 29.7 Å². The van der Waals surface area contributed by atoms with Crippen LogP contribution in [-0.4, -0.2) is 51.1 Å². The molecule has 238 valence electrons. The van der Waals surface area contributed by atoms with Crippen LogP contribution in [0.15, 0.2) is 84.9 Å². The number of aryl methyl sites for hydroxylation is 1. The highest BCUT2D eigenvalue weighted by Gasteiger charge is 2.30. The minimum atomic E-state index is -4.45. The third-order valence-electron chi connectivity index (χ3n) is 7.43. The van der Waals surface area contributed by atoms with Crippen molar-refractivity contribution in [2.24, 2.45) is 0 Å². The first kappa shape index (κ1) is 33.5. The number of aliphatic hydroxyl groups excluding tert-OH is 1. The molecule has 2 atom stereocenters. The van der Waals surface area contributed by atoms with Crippen LogP contribution < -0.4 is 14.9 Å². The van der Waals surface area contributed by atoms with Gasteiger partial charge < -0.3 is 15.7 Å². The third-order valence-corrected chi connectivity index (χ3v) is 9.28. The maximum atomic E-state index is 13.7. The first-order valence-corrected chi connectivity index (χ1v) is 16.4. The summed E-state index contributed by atoms with van der Waals surface area (Å²) < 4.78 is 62.6. The van der Waals surface area contributed by atoms with E-state index in [0.29, 0.717) is 42.6 Å². The molecule has 0 saturated carbocycles. The fourth-order valence-electron chi connectivity index (χ4n) is 5.17. The number of allylic oxidation sites excluding steroid dienone is 1. The van der Waals surface area contributed by atoms with E-state index >= 15 is 0 Å². The average molecular weight is 632 g/mol. The zero-order valence-corrected chi connectivity index (χ0v) is 25.5. The predicted molar refractivity (Wildman–Crippen MR) is 170 cm³/mol. The lowest BCUT2D eigenvalue weighted by Crippen LogP contribution is -2.48. The molecule has 0 saturated heterocycles. The standard InChI is InChI=1S/C33H40F3N3O4S/c1-2-10-25-17-27(21-29(19-25)39-15-7-4-8-16-44(39,42)43)32(41)38-30(20-24-11-5-3-6-12-24)31(40)23-37-22-26-13-9-14-28(18-26)33(34,35)36/h3-7,9,11-14,17-19,21,30-31,37,40,42-43H,2,8,10,15-16,20,22-23H2,1H3,(H,38,41)/t30-,31+/m0/s1. The van der Waals surface area contributed by atoms with Gasteiger partial charge in [-0.25, -0.2) is 0 Å². The van der Waals surface area contributed by atoms with Gasteiger partial charge in [0.2, 0.25) is 0 Å². The summed E-state index contributed by atoms with van der Waals surface area (Å²) in [4.78, 5) is 13.7. The number of nitrogens with zero attached hydrogens (tertiary/aromatic N) is 1. The van der Waals surface area contributed by atoms with Gasteiger partial charge in [-0.3, -0.25) is 18.2 Å². The summed E-state index contributed by atoms with van der Waals surface area (Å²) in [5, 5.41) is 17.2. The number of aliphatic hydroxyl groups is 1. The number of anilines is 1. The van der Waals surface area contributed by atoms with Gasteiger partial charge in [-0.1, -0.05) is 74.0 Å². The Morgan fingerprint density at radius 3 is 2.45 bits per heavy atom. The van der Waals surface area contributed by atoms with Crippen molar-refractivity contribution in [3.8, 4) is 0 Å². The van der Waals surface area contributed by atoms with Crippen molar-refractivity contribution in [1.29, 1.82) is 0 Å². The number of halogens is 3. The van der Waals surface area contributed by atoms with Crippen LogP contribution in [0, 0.1) is 0 Å². The fraction of sp³-hybridized carbons (Fsp3) is 0.364. The first-order valence-electron chi connectivity index (χ1n) is 14.7. The summed E-state index contributed by atoms with van der Waals surface area (Å²) in [5.41, 5.74) is 2.31. The number of carbonyl (C=O) groups is 1. The SMILES string of the molecule is CCCc1cc(C(=O)N[C@@H](Cc2ccccc2)[C@H](O)CNCc2cccc(C(F)(F)F)c2)cc(N2CC=CCCS2(O)O)c1. The van der Waals surface area contributed by atoms with E-state index in [1.807, 2.05) is 55.5 Å². The lowest BCUT2D eigenvalue weighted by Gasteiger charge is -2.43. The first-order chi connectivity index (χ1) is 21.0. The minimum Gasteiger partial charge on any atom is -0.390 e. The van der Waals surface area contributed by atoms with Crippen molar-refractivity contribution in [2.75, 3.05) is 23.1 Å². The van der Waals surface area contributed by atoms with Crippen LogP contribution in [0.25, 0.3) is 0 Å². The van der Waals surface area contributed by atoms with Crippen molar-refractivity contribution in [1.82, 2.24) is 10.6 Å². The van der Waals surface area contributed by atoms with E-state index in [2.05, 4.69) is 10.6 Å². The highest BCUT2D eigenvalue weighted by Crippen LogP contribution is 2.48. The third kappa shape index (κ3) is 9.33. The lowest BCUT2D eigenvalue weighted by atomic mass is 9.99. The van der Waals surface area contributed by atoms with Crippen molar-refractivity contribution < 1.29 is 32.2 Å². The number of benzene rings is 3. The largest absolute Gasteiger partial charge is 0.416 e. The van der Waals surface area contributed by atoms with E-state index in [1.165, 1.54) is 6.07 Å². The summed E-state index contributed by atoms with van der Waals surface area (Å²) in [6, 6.07) is 18.9. The molecule has 1 aliphatic rings. The van der Waals surface area contributed by atoms with Gasteiger partial charge in [0, 0.05) is 18.7 Å². The van der Waals surface area contributed by atoms with Crippen LogP contribution in [-0.2, 0) is 25.6 Å². The number of carbonyl (C=O) groups excluding carboxylic acids is 1. The molecular weight excluding hydrogens is 591 g/mol. The van der Waals surface area contributed by atoms with Gasteiger partial charge in [-0.05, 0) is 60.2 Å². The molecule has 0 aromatic heterocycles. The van der Waals surface area contributed by atoms with E-state index in [1.54, 1.807) is 22.5 Å².